The average molecular weight is 282 g/mol. The number of anilines is 2. The summed E-state index contributed by atoms with van der Waals surface area (Å²) >= 11 is 0. The highest BCUT2D eigenvalue weighted by Crippen LogP contribution is 2.38. The number of benzene rings is 1. The summed E-state index contributed by atoms with van der Waals surface area (Å²) in [6.45, 7) is 6.69. The molecule has 0 unspecified atom stereocenters. The third-order valence-electron chi connectivity index (χ3n) is 3.70. The highest BCUT2D eigenvalue weighted by atomic mass is 16.5. The van der Waals surface area contributed by atoms with Crippen LogP contribution in [0.3, 0.4) is 0 Å². The van der Waals surface area contributed by atoms with E-state index in [1.807, 2.05) is 38.3 Å². The molecule has 1 aliphatic rings. The van der Waals surface area contributed by atoms with E-state index in [-0.39, 0.29) is 0 Å². The van der Waals surface area contributed by atoms with Crippen molar-refractivity contribution in [2.24, 2.45) is 4.99 Å². The van der Waals surface area contributed by atoms with Gasteiger partial charge in [-0.25, -0.2) is 9.97 Å². The average Bonchev–Trinajstić information content (AvgIpc) is 2.49. The minimum absolute atomic E-state index is 0.704. The summed E-state index contributed by atoms with van der Waals surface area (Å²) < 4.78 is 5.27. The molecule has 0 spiro atoms. The highest BCUT2D eigenvalue weighted by Gasteiger charge is 2.20. The lowest BCUT2D eigenvalue weighted by Gasteiger charge is -2.28. The second-order valence-electron chi connectivity index (χ2n) is 5.08. The Labute approximate surface area is 124 Å². The zero-order valence-corrected chi connectivity index (χ0v) is 12.7. The molecule has 0 N–H and O–H groups in total. The summed E-state index contributed by atoms with van der Waals surface area (Å²) in [5.41, 5.74) is 4.04. The molecule has 108 valence electrons. The Kier molecular flexibility index (Phi) is 3.33. The van der Waals surface area contributed by atoms with Crippen LogP contribution in [0.25, 0.3) is 0 Å². The molecular formula is C16H18N4O. The van der Waals surface area contributed by atoms with E-state index in [4.69, 9.17) is 4.74 Å². The zero-order valence-electron chi connectivity index (χ0n) is 12.7. The summed E-state index contributed by atoms with van der Waals surface area (Å²) in [5.74, 6) is 2.53. The number of aryl methyl sites for hydroxylation is 2. The molecule has 21 heavy (non-hydrogen) atoms. The first-order valence-corrected chi connectivity index (χ1v) is 6.90. The van der Waals surface area contributed by atoms with Crippen LogP contribution in [0.2, 0.25) is 0 Å². The second kappa shape index (κ2) is 5.16. The molecule has 0 atom stereocenters. The largest absolute Gasteiger partial charge is 0.497 e. The van der Waals surface area contributed by atoms with E-state index in [0.29, 0.717) is 6.54 Å². The Balaban J connectivity index is 2.12. The number of aliphatic imine (C=N–C) groups is 1. The van der Waals surface area contributed by atoms with Crippen LogP contribution in [0.15, 0.2) is 23.2 Å². The molecule has 3 rings (SSSR count). The van der Waals surface area contributed by atoms with Crippen molar-refractivity contribution >= 4 is 23.4 Å². The Morgan fingerprint density at radius 3 is 2.71 bits per heavy atom. The van der Waals surface area contributed by atoms with Crippen molar-refractivity contribution in [1.29, 1.82) is 0 Å². The molecule has 0 amide bonds. The maximum Gasteiger partial charge on any atom is 0.140 e. The van der Waals surface area contributed by atoms with Gasteiger partial charge in [0.25, 0.3) is 0 Å². The maximum absolute atomic E-state index is 5.27. The summed E-state index contributed by atoms with van der Waals surface area (Å²) in [4.78, 5) is 15.7. The third-order valence-corrected chi connectivity index (χ3v) is 3.70. The van der Waals surface area contributed by atoms with Gasteiger partial charge in [-0.1, -0.05) is 0 Å². The van der Waals surface area contributed by atoms with Gasteiger partial charge in [-0.3, -0.25) is 4.99 Å². The second-order valence-corrected chi connectivity index (χ2v) is 5.08. The number of fused-ring (bicyclic) bond motifs is 1. The highest BCUT2D eigenvalue weighted by molar-refractivity contribution is 5.87. The quantitative estimate of drug-likeness (QED) is 0.848. The Bertz CT molecular complexity index is 724. The van der Waals surface area contributed by atoms with Crippen molar-refractivity contribution in [1.82, 2.24) is 9.97 Å². The molecule has 1 aliphatic heterocycles. The summed E-state index contributed by atoms with van der Waals surface area (Å²) in [6.07, 6.45) is 1.90. The molecule has 1 aromatic heterocycles. The topological polar surface area (TPSA) is 50.6 Å². The number of hydrogen-bond donors (Lipinski definition) is 0. The molecular weight excluding hydrogens is 264 g/mol. The van der Waals surface area contributed by atoms with Crippen LogP contribution >= 0.6 is 0 Å². The monoisotopic (exact) mass is 282 g/mol. The van der Waals surface area contributed by atoms with Crippen LogP contribution in [0.1, 0.15) is 17.1 Å². The fourth-order valence-electron chi connectivity index (χ4n) is 2.49. The van der Waals surface area contributed by atoms with Gasteiger partial charge in [-0.2, -0.15) is 0 Å². The number of methoxy groups -OCH3 is 1. The summed E-state index contributed by atoms with van der Waals surface area (Å²) in [6, 6.07) is 5.91. The van der Waals surface area contributed by atoms with Crippen LogP contribution in [0.4, 0.5) is 17.2 Å². The minimum Gasteiger partial charge on any atom is -0.497 e. The van der Waals surface area contributed by atoms with Crippen LogP contribution in [0.5, 0.6) is 5.75 Å². The molecule has 5 nitrogen and oxygen atoms in total. The SMILES string of the molecule is COc1ccc2c(c1)N=CCN2c1nc(C)nc(C)c1C. The molecule has 0 saturated carbocycles. The Morgan fingerprint density at radius 2 is 1.95 bits per heavy atom. The van der Waals surface area contributed by atoms with Gasteiger partial charge in [-0.15, -0.1) is 0 Å². The summed E-state index contributed by atoms with van der Waals surface area (Å²) in [5, 5.41) is 0. The van der Waals surface area contributed by atoms with E-state index in [1.165, 1.54) is 0 Å². The number of rotatable bonds is 2. The predicted molar refractivity (Wildman–Crippen MR) is 84.4 cm³/mol. The molecule has 0 radical (unpaired) electrons. The molecule has 0 aliphatic carbocycles. The van der Waals surface area contributed by atoms with E-state index in [0.717, 1.165) is 40.0 Å². The van der Waals surface area contributed by atoms with E-state index in [9.17, 15) is 0 Å². The first-order chi connectivity index (χ1) is 10.1. The molecule has 0 bridgehead atoms. The smallest absolute Gasteiger partial charge is 0.140 e. The fraction of sp³-hybridized carbons (Fsp3) is 0.312. The Hall–Kier alpha value is -2.43. The van der Waals surface area contributed by atoms with Gasteiger partial charge in [0.05, 0.1) is 25.0 Å². The van der Waals surface area contributed by atoms with Crippen LogP contribution < -0.4 is 9.64 Å². The number of hydrogen-bond acceptors (Lipinski definition) is 5. The summed E-state index contributed by atoms with van der Waals surface area (Å²) in [7, 11) is 1.66. The molecule has 0 fully saturated rings. The van der Waals surface area contributed by atoms with Crippen LogP contribution in [-0.2, 0) is 0 Å². The normalized spacial score (nSPS) is 13.2. The van der Waals surface area contributed by atoms with E-state index >= 15 is 0 Å². The molecule has 1 aromatic carbocycles. The first kappa shape index (κ1) is 13.5. The van der Waals surface area contributed by atoms with Gasteiger partial charge in [0, 0.05) is 23.5 Å². The molecule has 0 saturated heterocycles. The van der Waals surface area contributed by atoms with Gasteiger partial charge in [0.1, 0.15) is 17.4 Å². The van der Waals surface area contributed by atoms with E-state index in [1.54, 1.807) is 7.11 Å². The van der Waals surface area contributed by atoms with Crippen LogP contribution in [0, 0.1) is 20.8 Å². The van der Waals surface area contributed by atoms with Crippen molar-refractivity contribution in [2.75, 3.05) is 18.6 Å². The van der Waals surface area contributed by atoms with Crippen LogP contribution in [-0.4, -0.2) is 29.8 Å². The van der Waals surface area contributed by atoms with Gasteiger partial charge in [-0.05, 0) is 32.9 Å². The van der Waals surface area contributed by atoms with E-state index in [2.05, 4.69) is 26.8 Å². The molecule has 2 heterocycles. The predicted octanol–water partition coefficient (Wildman–Crippen LogP) is 3.26. The number of nitrogens with zero attached hydrogens (tertiary/aromatic N) is 4. The maximum atomic E-state index is 5.27. The number of ether oxygens (including phenoxy) is 1. The van der Waals surface area contributed by atoms with Gasteiger partial charge < -0.3 is 9.64 Å². The molecule has 5 heteroatoms. The minimum atomic E-state index is 0.704. The van der Waals surface area contributed by atoms with Crippen molar-refractivity contribution in [3.8, 4) is 5.75 Å². The zero-order chi connectivity index (χ0) is 15.0. The third kappa shape index (κ3) is 2.35. The van der Waals surface area contributed by atoms with Gasteiger partial charge >= 0.3 is 0 Å². The lowest BCUT2D eigenvalue weighted by molar-refractivity contribution is 0.415. The standard InChI is InChI=1S/C16H18N4O/c1-10-11(2)18-12(3)19-16(10)20-8-7-17-14-9-13(21-4)5-6-15(14)20/h5-7,9H,8H2,1-4H3. The first-order valence-electron chi connectivity index (χ1n) is 6.90. The van der Waals surface area contributed by atoms with Crippen molar-refractivity contribution < 1.29 is 4.74 Å². The van der Waals surface area contributed by atoms with Crippen molar-refractivity contribution in [3.63, 3.8) is 0 Å². The lowest BCUT2D eigenvalue weighted by atomic mass is 10.1. The van der Waals surface area contributed by atoms with Crippen molar-refractivity contribution in [3.05, 3.63) is 35.3 Å². The van der Waals surface area contributed by atoms with Gasteiger partial charge in [0.15, 0.2) is 0 Å². The Morgan fingerprint density at radius 1 is 1.14 bits per heavy atom. The van der Waals surface area contributed by atoms with Gasteiger partial charge in [0.2, 0.25) is 0 Å². The van der Waals surface area contributed by atoms with E-state index < -0.39 is 0 Å². The lowest BCUT2D eigenvalue weighted by Crippen LogP contribution is -2.24. The number of aromatic nitrogens is 2. The fourth-order valence-corrected chi connectivity index (χ4v) is 2.49. The van der Waals surface area contributed by atoms with Crippen molar-refractivity contribution in [2.45, 2.75) is 20.8 Å². The molecule has 2 aromatic rings.